The summed E-state index contributed by atoms with van der Waals surface area (Å²) >= 11 is 5.11. The van der Waals surface area contributed by atoms with E-state index in [-0.39, 0.29) is 17.7 Å². The van der Waals surface area contributed by atoms with Crippen molar-refractivity contribution in [1.82, 2.24) is 9.03 Å². The van der Waals surface area contributed by atoms with E-state index in [9.17, 15) is 13.2 Å². The van der Waals surface area contributed by atoms with Gasteiger partial charge in [-0.3, -0.25) is 4.79 Å². The van der Waals surface area contributed by atoms with Gasteiger partial charge in [0.25, 0.3) is 0 Å². The molecule has 0 spiro atoms. The van der Waals surface area contributed by atoms with E-state index < -0.39 is 10.2 Å². The van der Waals surface area contributed by atoms with Crippen LogP contribution >= 0.6 is 27.7 Å². The predicted molar refractivity (Wildman–Crippen MR) is 91.0 cm³/mol. The van der Waals surface area contributed by atoms with E-state index in [0.717, 1.165) is 21.5 Å². The van der Waals surface area contributed by atoms with E-state index in [0.29, 0.717) is 19.5 Å². The number of halogens is 1. The summed E-state index contributed by atoms with van der Waals surface area (Å²) in [6.45, 7) is 0.933. The van der Waals surface area contributed by atoms with Crippen LogP contribution in [-0.2, 0) is 15.0 Å². The van der Waals surface area contributed by atoms with Gasteiger partial charge in [-0.2, -0.15) is 24.5 Å². The van der Waals surface area contributed by atoms with Crippen LogP contribution in [0.3, 0.4) is 0 Å². The van der Waals surface area contributed by atoms with Crippen molar-refractivity contribution < 1.29 is 13.2 Å². The molecule has 22 heavy (non-hydrogen) atoms. The summed E-state index contributed by atoms with van der Waals surface area (Å²) in [7, 11) is -3.69. The largest absolute Gasteiger partial charge is 0.303 e. The van der Waals surface area contributed by atoms with Crippen molar-refractivity contribution in [3.63, 3.8) is 0 Å². The van der Waals surface area contributed by atoms with Gasteiger partial charge in [-0.05, 0) is 30.0 Å². The molecule has 0 radical (unpaired) electrons. The molecule has 5 nitrogen and oxygen atoms in total. The van der Waals surface area contributed by atoms with Crippen LogP contribution in [0.1, 0.15) is 17.9 Å². The average molecular weight is 405 g/mol. The van der Waals surface area contributed by atoms with Crippen molar-refractivity contribution in [2.45, 2.75) is 12.3 Å². The maximum Gasteiger partial charge on any atom is 0.303 e. The van der Waals surface area contributed by atoms with E-state index >= 15 is 0 Å². The first-order chi connectivity index (χ1) is 10.5. The van der Waals surface area contributed by atoms with Crippen molar-refractivity contribution in [2.75, 3.05) is 24.6 Å². The number of nitrogens with zero attached hydrogens (tertiary/aromatic N) is 1. The van der Waals surface area contributed by atoms with Gasteiger partial charge in [-0.15, -0.1) is 0 Å². The van der Waals surface area contributed by atoms with Crippen molar-refractivity contribution in [3.8, 4) is 0 Å². The molecule has 2 atom stereocenters. The van der Waals surface area contributed by atoms with Gasteiger partial charge < -0.3 is 0 Å². The van der Waals surface area contributed by atoms with E-state index in [1.54, 1.807) is 11.8 Å². The summed E-state index contributed by atoms with van der Waals surface area (Å²) < 4.78 is 29.0. The minimum Gasteiger partial charge on any atom is -0.274 e. The van der Waals surface area contributed by atoms with Gasteiger partial charge in [0.2, 0.25) is 5.91 Å². The number of hydrogen-bond acceptors (Lipinski definition) is 4. The second-order valence-electron chi connectivity index (χ2n) is 5.48. The van der Waals surface area contributed by atoms with Crippen LogP contribution in [0.2, 0.25) is 0 Å². The molecule has 2 aliphatic rings. The molecular weight excluding hydrogens is 388 g/mol. The maximum atomic E-state index is 12.2. The summed E-state index contributed by atoms with van der Waals surface area (Å²) in [5.41, 5.74) is 1.08. The Morgan fingerprint density at radius 2 is 1.86 bits per heavy atom. The number of amides is 1. The van der Waals surface area contributed by atoms with Crippen molar-refractivity contribution in [3.05, 3.63) is 34.3 Å². The third kappa shape index (κ3) is 3.67. The van der Waals surface area contributed by atoms with Crippen LogP contribution in [0.15, 0.2) is 28.7 Å². The monoisotopic (exact) mass is 404 g/mol. The number of benzene rings is 1. The van der Waals surface area contributed by atoms with Crippen LogP contribution in [0, 0.1) is 5.92 Å². The zero-order chi connectivity index (χ0) is 15.7. The van der Waals surface area contributed by atoms with Crippen LogP contribution < -0.4 is 4.72 Å². The molecule has 1 N–H and O–H groups in total. The first kappa shape index (κ1) is 16.3. The third-order valence-electron chi connectivity index (χ3n) is 3.96. The molecule has 0 aromatic heterocycles. The highest BCUT2D eigenvalue weighted by molar-refractivity contribution is 9.10. The van der Waals surface area contributed by atoms with Crippen molar-refractivity contribution in [2.24, 2.45) is 5.92 Å². The smallest absolute Gasteiger partial charge is 0.274 e. The van der Waals surface area contributed by atoms with Gasteiger partial charge >= 0.3 is 10.2 Å². The Bertz CT molecular complexity index is 657. The van der Waals surface area contributed by atoms with Gasteiger partial charge in [0, 0.05) is 35.0 Å². The van der Waals surface area contributed by atoms with E-state index in [2.05, 4.69) is 20.7 Å². The fraction of sp³-hybridized carbons (Fsp3) is 0.500. The molecule has 1 aromatic rings. The molecule has 1 saturated heterocycles. The molecule has 1 aliphatic carbocycles. The minimum absolute atomic E-state index is 0.125. The summed E-state index contributed by atoms with van der Waals surface area (Å²) in [6, 6.07) is 7.81. The molecule has 120 valence electrons. The minimum atomic E-state index is -3.69. The zero-order valence-electron chi connectivity index (χ0n) is 11.9. The predicted octanol–water partition coefficient (Wildman–Crippen LogP) is 1.96. The molecular formula is C14H17BrN2O3S2. The highest BCUT2D eigenvalue weighted by Gasteiger charge is 2.45. The van der Waals surface area contributed by atoms with Crippen molar-refractivity contribution in [1.29, 1.82) is 0 Å². The Morgan fingerprint density at radius 1 is 1.23 bits per heavy atom. The topological polar surface area (TPSA) is 66.5 Å². The highest BCUT2D eigenvalue weighted by Crippen LogP contribution is 2.47. The lowest BCUT2D eigenvalue weighted by molar-refractivity contribution is -0.120. The molecule has 0 bridgehead atoms. The standard InChI is InChI=1S/C14H17BrN2O3S2/c15-11-3-1-10(2-4-11)12-9-13(12)14(18)16-22(19,20)17-5-7-21-8-6-17/h1-4,12-13H,5-9H2,(H,16,18)/t12-,13+/m0/s1. The molecule has 1 aromatic carbocycles. The number of carbonyl (C=O) groups is 1. The molecule has 1 amide bonds. The lowest BCUT2D eigenvalue weighted by atomic mass is 10.1. The highest BCUT2D eigenvalue weighted by atomic mass is 79.9. The number of hydrogen-bond donors (Lipinski definition) is 1. The molecule has 3 rings (SSSR count). The van der Waals surface area contributed by atoms with E-state index in [1.807, 2.05) is 24.3 Å². The van der Waals surface area contributed by atoms with Crippen LogP contribution in [-0.4, -0.2) is 43.2 Å². The Kier molecular flexibility index (Phi) is 4.82. The Balaban J connectivity index is 1.60. The summed E-state index contributed by atoms with van der Waals surface area (Å²) in [5.74, 6) is 1.06. The lowest BCUT2D eigenvalue weighted by Gasteiger charge is -2.25. The summed E-state index contributed by atoms with van der Waals surface area (Å²) in [4.78, 5) is 12.2. The summed E-state index contributed by atoms with van der Waals surface area (Å²) in [6.07, 6.45) is 0.707. The molecule has 2 fully saturated rings. The number of rotatable bonds is 4. The van der Waals surface area contributed by atoms with Crippen molar-refractivity contribution >= 4 is 43.8 Å². The Morgan fingerprint density at radius 3 is 2.50 bits per heavy atom. The maximum absolute atomic E-state index is 12.2. The van der Waals surface area contributed by atoms with Crippen LogP contribution in [0.5, 0.6) is 0 Å². The van der Waals surface area contributed by atoms with Crippen LogP contribution in [0.25, 0.3) is 0 Å². The molecule has 8 heteroatoms. The fourth-order valence-corrected chi connectivity index (χ4v) is 5.21. The Hall–Kier alpha value is -0.570. The number of thioether (sulfide) groups is 1. The quantitative estimate of drug-likeness (QED) is 0.832. The normalized spacial score (nSPS) is 25.7. The van der Waals surface area contributed by atoms with E-state index in [4.69, 9.17) is 0 Å². The first-order valence-electron chi connectivity index (χ1n) is 7.12. The SMILES string of the molecule is O=C(NS(=O)(=O)N1CCSCC1)[C@@H]1C[C@H]1c1ccc(Br)cc1. The van der Waals surface area contributed by atoms with Gasteiger partial charge in [0.15, 0.2) is 0 Å². The average Bonchev–Trinajstić information content (AvgIpc) is 3.29. The van der Waals surface area contributed by atoms with Crippen LogP contribution in [0.4, 0.5) is 0 Å². The first-order valence-corrected chi connectivity index (χ1v) is 10.5. The molecule has 0 unspecified atom stereocenters. The Labute approximate surface area is 143 Å². The molecule has 1 saturated carbocycles. The number of carbonyl (C=O) groups excluding carboxylic acids is 1. The lowest BCUT2D eigenvalue weighted by Crippen LogP contribution is -2.47. The second-order valence-corrected chi connectivity index (χ2v) is 9.29. The van der Waals surface area contributed by atoms with Gasteiger partial charge in [-0.25, -0.2) is 4.72 Å². The van der Waals surface area contributed by atoms with Gasteiger partial charge in [-0.1, -0.05) is 28.1 Å². The molecule has 1 aliphatic heterocycles. The van der Waals surface area contributed by atoms with E-state index in [1.165, 1.54) is 4.31 Å². The van der Waals surface area contributed by atoms with Gasteiger partial charge in [0.05, 0.1) is 0 Å². The fourth-order valence-electron chi connectivity index (χ4n) is 2.62. The second kappa shape index (κ2) is 6.51. The van der Waals surface area contributed by atoms with Gasteiger partial charge in [0.1, 0.15) is 0 Å². The summed E-state index contributed by atoms with van der Waals surface area (Å²) in [5, 5.41) is 0. The molecule has 1 heterocycles. The number of nitrogens with one attached hydrogen (secondary N) is 1. The third-order valence-corrected chi connectivity index (χ3v) is 6.94. The zero-order valence-corrected chi connectivity index (χ0v) is 15.1.